The van der Waals surface area contributed by atoms with Crippen molar-refractivity contribution >= 4 is 17.2 Å². The van der Waals surface area contributed by atoms with Crippen molar-refractivity contribution in [3.63, 3.8) is 0 Å². The second kappa shape index (κ2) is 7.37. The van der Waals surface area contributed by atoms with Crippen LogP contribution in [0.4, 0.5) is 0 Å². The van der Waals surface area contributed by atoms with Gasteiger partial charge in [0.05, 0.1) is 11.6 Å². The maximum Gasteiger partial charge on any atom is 0.0768 e. The van der Waals surface area contributed by atoms with Crippen molar-refractivity contribution in [3.05, 3.63) is 35.9 Å². The quantitative estimate of drug-likeness (QED) is 0.720. The van der Waals surface area contributed by atoms with Gasteiger partial charge in [-0.2, -0.15) is 0 Å². The third-order valence-electron chi connectivity index (χ3n) is 2.68. The molecule has 0 aromatic heterocycles. The van der Waals surface area contributed by atoms with Crippen molar-refractivity contribution in [3.8, 4) is 0 Å². The Labute approximate surface area is 108 Å². The zero-order valence-corrected chi connectivity index (χ0v) is 11.0. The summed E-state index contributed by atoms with van der Waals surface area (Å²) < 4.78 is 0. The molecular formula is C13H20N2OS. The zero-order chi connectivity index (χ0) is 12.7. The van der Waals surface area contributed by atoms with Crippen LogP contribution in [-0.2, 0) is 6.54 Å². The average molecular weight is 252 g/mol. The maximum atomic E-state index is 9.06. The Kier molecular flexibility index (Phi) is 6.11. The molecule has 3 N–H and O–H groups in total. The second-order valence-electron chi connectivity index (χ2n) is 4.25. The lowest BCUT2D eigenvalue weighted by molar-refractivity contribution is 0.183. The lowest BCUT2D eigenvalue weighted by Gasteiger charge is -2.24. The number of nitrogens with two attached hydrogens (primary N) is 1. The number of hydrogen-bond donors (Lipinski definition) is 2. The number of nitrogens with zero attached hydrogens (tertiary/aromatic N) is 1. The van der Waals surface area contributed by atoms with Crippen molar-refractivity contribution in [2.24, 2.45) is 11.7 Å². The van der Waals surface area contributed by atoms with Gasteiger partial charge in [0.15, 0.2) is 0 Å². The molecule has 0 aliphatic rings. The van der Waals surface area contributed by atoms with E-state index in [2.05, 4.69) is 17.0 Å². The Morgan fingerprint density at radius 3 is 2.59 bits per heavy atom. The molecular weight excluding hydrogens is 232 g/mol. The second-order valence-corrected chi connectivity index (χ2v) is 4.72. The molecule has 1 aromatic carbocycles. The summed E-state index contributed by atoms with van der Waals surface area (Å²) in [7, 11) is 0. The van der Waals surface area contributed by atoms with Crippen molar-refractivity contribution in [2.75, 3.05) is 19.7 Å². The van der Waals surface area contributed by atoms with Gasteiger partial charge < -0.3 is 10.8 Å². The summed E-state index contributed by atoms with van der Waals surface area (Å²) in [6.45, 7) is 4.40. The van der Waals surface area contributed by atoms with E-state index in [-0.39, 0.29) is 12.5 Å². The van der Waals surface area contributed by atoms with Gasteiger partial charge in [-0.1, -0.05) is 49.5 Å². The van der Waals surface area contributed by atoms with Crippen LogP contribution < -0.4 is 5.73 Å². The normalized spacial score (nSPS) is 12.6. The van der Waals surface area contributed by atoms with Gasteiger partial charge in [-0.15, -0.1) is 0 Å². The molecule has 1 atom stereocenters. The van der Waals surface area contributed by atoms with Gasteiger partial charge in [-0.05, 0) is 5.56 Å². The molecule has 0 aliphatic heterocycles. The van der Waals surface area contributed by atoms with Gasteiger partial charge in [0.25, 0.3) is 0 Å². The van der Waals surface area contributed by atoms with E-state index in [0.29, 0.717) is 11.5 Å². The standard InChI is InChI=1S/C13H20N2OS/c1-11(13(14)17)9-15(7-8-16)10-12-5-3-2-4-6-12/h2-6,11,16H,7-10H2,1H3,(H2,14,17). The van der Waals surface area contributed by atoms with Crippen LogP contribution in [0.2, 0.25) is 0 Å². The molecule has 0 amide bonds. The summed E-state index contributed by atoms with van der Waals surface area (Å²) in [4.78, 5) is 2.69. The molecule has 94 valence electrons. The van der Waals surface area contributed by atoms with E-state index in [9.17, 15) is 0 Å². The Morgan fingerprint density at radius 2 is 2.06 bits per heavy atom. The number of benzene rings is 1. The van der Waals surface area contributed by atoms with E-state index in [1.807, 2.05) is 25.1 Å². The number of thiocarbonyl (C=S) groups is 1. The van der Waals surface area contributed by atoms with Crippen LogP contribution in [0, 0.1) is 5.92 Å². The van der Waals surface area contributed by atoms with Crippen molar-refractivity contribution < 1.29 is 5.11 Å². The predicted octanol–water partition coefficient (Wildman–Crippen LogP) is 1.40. The van der Waals surface area contributed by atoms with Crippen LogP contribution in [0.5, 0.6) is 0 Å². The summed E-state index contributed by atoms with van der Waals surface area (Å²) in [5.41, 5.74) is 6.85. The molecule has 0 saturated heterocycles. The molecule has 0 bridgehead atoms. The lowest BCUT2D eigenvalue weighted by Crippen LogP contribution is -2.35. The van der Waals surface area contributed by atoms with E-state index in [0.717, 1.165) is 13.1 Å². The summed E-state index contributed by atoms with van der Waals surface area (Å²) in [6, 6.07) is 10.2. The molecule has 0 saturated carbocycles. The molecule has 0 radical (unpaired) electrons. The molecule has 0 fully saturated rings. The minimum absolute atomic E-state index is 0.150. The Bertz CT molecular complexity index is 343. The van der Waals surface area contributed by atoms with Gasteiger partial charge in [-0.3, -0.25) is 4.90 Å². The SMILES string of the molecule is CC(CN(CCO)Cc1ccccc1)C(N)=S. The molecule has 1 unspecified atom stereocenters. The first-order valence-corrected chi connectivity index (χ1v) is 6.20. The number of aliphatic hydroxyl groups excluding tert-OH is 1. The molecule has 1 aromatic rings. The fourth-order valence-electron chi connectivity index (χ4n) is 1.70. The average Bonchev–Trinajstić information content (AvgIpc) is 2.30. The number of aliphatic hydroxyl groups is 1. The minimum Gasteiger partial charge on any atom is -0.395 e. The van der Waals surface area contributed by atoms with Crippen molar-refractivity contribution in [2.45, 2.75) is 13.5 Å². The van der Waals surface area contributed by atoms with Crippen LogP contribution >= 0.6 is 12.2 Å². The van der Waals surface area contributed by atoms with E-state index < -0.39 is 0 Å². The molecule has 0 heterocycles. The maximum absolute atomic E-state index is 9.06. The van der Waals surface area contributed by atoms with Gasteiger partial charge >= 0.3 is 0 Å². The molecule has 4 heteroatoms. The van der Waals surface area contributed by atoms with E-state index in [4.69, 9.17) is 23.1 Å². The van der Waals surface area contributed by atoms with Gasteiger partial charge in [-0.25, -0.2) is 0 Å². The van der Waals surface area contributed by atoms with Crippen molar-refractivity contribution in [1.82, 2.24) is 4.90 Å². The molecule has 0 aliphatic carbocycles. The lowest BCUT2D eigenvalue weighted by atomic mass is 10.1. The highest BCUT2D eigenvalue weighted by Gasteiger charge is 2.12. The van der Waals surface area contributed by atoms with Crippen LogP contribution in [0.3, 0.4) is 0 Å². The number of rotatable bonds is 7. The Hall–Kier alpha value is -0.970. The van der Waals surface area contributed by atoms with E-state index in [1.165, 1.54) is 5.56 Å². The summed E-state index contributed by atoms with van der Waals surface area (Å²) in [6.07, 6.45) is 0. The topological polar surface area (TPSA) is 49.5 Å². The first-order chi connectivity index (χ1) is 8.13. The smallest absolute Gasteiger partial charge is 0.0768 e. The summed E-state index contributed by atoms with van der Waals surface area (Å²) in [5, 5.41) is 9.06. The van der Waals surface area contributed by atoms with Crippen LogP contribution in [0.25, 0.3) is 0 Å². The van der Waals surface area contributed by atoms with Crippen LogP contribution in [-0.4, -0.2) is 34.7 Å². The third kappa shape index (κ3) is 5.26. The highest BCUT2D eigenvalue weighted by atomic mass is 32.1. The van der Waals surface area contributed by atoms with Crippen LogP contribution in [0.15, 0.2) is 30.3 Å². The van der Waals surface area contributed by atoms with Gasteiger partial charge in [0.2, 0.25) is 0 Å². The van der Waals surface area contributed by atoms with E-state index in [1.54, 1.807) is 0 Å². The first kappa shape index (κ1) is 14.1. The van der Waals surface area contributed by atoms with E-state index >= 15 is 0 Å². The van der Waals surface area contributed by atoms with Gasteiger partial charge in [0, 0.05) is 25.6 Å². The van der Waals surface area contributed by atoms with Gasteiger partial charge in [0.1, 0.15) is 0 Å². The highest BCUT2D eigenvalue weighted by molar-refractivity contribution is 7.80. The molecule has 1 rings (SSSR count). The zero-order valence-electron chi connectivity index (χ0n) is 10.2. The first-order valence-electron chi connectivity index (χ1n) is 5.80. The Morgan fingerprint density at radius 1 is 1.41 bits per heavy atom. The third-order valence-corrected chi connectivity index (χ3v) is 3.09. The summed E-state index contributed by atoms with van der Waals surface area (Å²) in [5.74, 6) is 0.167. The van der Waals surface area contributed by atoms with Crippen molar-refractivity contribution in [1.29, 1.82) is 0 Å². The highest BCUT2D eigenvalue weighted by Crippen LogP contribution is 2.07. The summed E-state index contributed by atoms with van der Waals surface area (Å²) >= 11 is 4.97. The molecule has 3 nitrogen and oxygen atoms in total. The largest absolute Gasteiger partial charge is 0.395 e. The fraction of sp³-hybridized carbons (Fsp3) is 0.462. The fourth-order valence-corrected chi connectivity index (χ4v) is 1.77. The van der Waals surface area contributed by atoms with Crippen LogP contribution in [0.1, 0.15) is 12.5 Å². The minimum atomic E-state index is 0.150. The number of hydrogen-bond acceptors (Lipinski definition) is 3. The molecule has 17 heavy (non-hydrogen) atoms. The predicted molar refractivity (Wildman–Crippen MR) is 74.8 cm³/mol. The molecule has 0 spiro atoms. The monoisotopic (exact) mass is 252 g/mol. The Balaban J connectivity index is 2.57.